The minimum absolute atomic E-state index is 0.311. The Hall–Kier alpha value is -3.79. The Balaban J connectivity index is 1.54. The van der Waals surface area contributed by atoms with Gasteiger partial charge < -0.3 is 20.5 Å². The zero-order valence-corrected chi connectivity index (χ0v) is 22.6. The van der Waals surface area contributed by atoms with Gasteiger partial charge in [0.15, 0.2) is 0 Å². The van der Waals surface area contributed by atoms with Crippen molar-refractivity contribution in [2.45, 2.75) is 44.6 Å². The molecule has 9 nitrogen and oxygen atoms in total. The number of aliphatic imine (C=N–C) groups is 2. The first-order valence-corrected chi connectivity index (χ1v) is 13.4. The molecule has 39 heavy (non-hydrogen) atoms. The number of anilines is 1. The van der Waals surface area contributed by atoms with Crippen molar-refractivity contribution in [1.29, 1.82) is 0 Å². The van der Waals surface area contributed by atoms with Crippen LogP contribution in [0.15, 0.2) is 58.7 Å². The summed E-state index contributed by atoms with van der Waals surface area (Å²) in [4.78, 5) is 26.6. The molecular formula is C29H39FN6O3. The summed E-state index contributed by atoms with van der Waals surface area (Å²) in [6, 6.07) is 9.41. The molecule has 2 heterocycles. The molecule has 210 valence electrons. The predicted octanol–water partition coefficient (Wildman–Crippen LogP) is 3.96. The molecule has 3 rings (SSSR count). The molecule has 0 saturated heterocycles. The Bertz CT molecular complexity index is 1120. The van der Waals surface area contributed by atoms with E-state index in [0.29, 0.717) is 37.7 Å². The molecule has 2 aromatic rings. The van der Waals surface area contributed by atoms with Crippen LogP contribution in [0.5, 0.6) is 5.75 Å². The van der Waals surface area contributed by atoms with Crippen LogP contribution < -0.4 is 15.4 Å². The van der Waals surface area contributed by atoms with Gasteiger partial charge in [-0.05, 0) is 93.8 Å². The second-order valence-electron chi connectivity index (χ2n) is 9.37. The number of rotatable bonds is 16. The lowest BCUT2D eigenvalue weighted by Gasteiger charge is -2.25. The van der Waals surface area contributed by atoms with Gasteiger partial charge in [-0.2, -0.15) is 0 Å². The van der Waals surface area contributed by atoms with Crippen molar-refractivity contribution >= 4 is 24.3 Å². The summed E-state index contributed by atoms with van der Waals surface area (Å²) in [6.07, 6.45) is 8.41. The van der Waals surface area contributed by atoms with Crippen LogP contribution in [0.2, 0.25) is 0 Å². The minimum atomic E-state index is -0.953. The number of halogens is 1. The summed E-state index contributed by atoms with van der Waals surface area (Å²) in [7, 11) is 1.58. The molecule has 0 unspecified atom stereocenters. The van der Waals surface area contributed by atoms with Gasteiger partial charge in [0, 0.05) is 38.6 Å². The molecule has 1 aromatic carbocycles. The number of aryl methyl sites for hydroxylation is 2. The summed E-state index contributed by atoms with van der Waals surface area (Å²) in [5.41, 5.74) is 2.37. The van der Waals surface area contributed by atoms with Crippen LogP contribution in [0.25, 0.3) is 0 Å². The number of hydrogen-bond donors (Lipinski definition) is 3. The van der Waals surface area contributed by atoms with Crippen LogP contribution in [0.4, 0.5) is 10.2 Å². The number of carboxylic acids is 1. The quantitative estimate of drug-likeness (QED) is 0.169. The van der Waals surface area contributed by atoms with E-state index >= 15 is 0 Å². The first kappa shape index (κ1) is 29.8. The van der Waals surface area contributed by atoms with Crippen molar-refractivity contribution in [3.05, 3.63) is 65.7 Å². The normalized spacial score (nSPS) is 14.1. The van der Waals surface area contributed by atoms with Crippen molar-refractivity contribution < 1.29 is 19.0 Å². The van der Waals surface area contributed by atoms with E-state index in [0.717, 1.165) is 56.7 Å². The third-order valence-corrected chi connectivity index (χ3v) is 6.53. The highest BCUT2D eigenvalue weighted by Gasteiger charge is 2.19. The van der Waals surface area contributed by atoms with Crippen LogP contribution in [0, 0.1) is 5.82 Å². The average molecular weight is 539 g/mol. The second kappa shape index (κ2) is 16.2. The molecule has 1 aromatic heterocycles. The smallest absolute Gasteiger partial charge is 0.326 e. The summed E-state index contributed by atoms with van der Waals surface area (Å²) in [5, 5.41) is 16.1. The number of nitrogens with zero attached hydrogens (tertiary/aromatic N) is 4. The van der Waals surface area contributed by atoms with Crippen LogP contribution in [0.3, 0.4) is 0 Å². The maximum Gasteiger partial charge on any atom is 0.326 e. The van der Waals surface area contributed by atoms with Gasteiger partial charge in [0.2, 0.25) is 0 Å². The van der Waals surface area contributed by atoms with Crippen molar-refractivity contribution in [3.8, 4) is 5.75 Å². The Labute approximate surface area is 229 Å². The largest absolute Gasteiger partial charge is 0.492 e. The van der Waals surface area contributed by atoms with Crippen molar-refractivity contribution in [3.63, 3.8) is 0 Å². The van der Waals surface area contributed by atoms with E-state index in [9.17, 15) is 14.3 Å². The monoisotopic (exact) mass is 538 g/mol. The predicted molar refractivity (Wildman–Crippen MR) is 154 cm³/mol. The van der Waals surface area contributed by atoms with Gasteiger partial charge in [0.25, 0.3) is 0 Å². The number of pyridine rings is 1. The van der Waals surface area contributed by atoms with Crippen molar-refractivity contribution in [1.82, 2.24) is 15.2 Å². The molecule has 0 bridgehead atoms. The summed E-state index contributed by atoms with van der Waals surface area (Å²) >= 11 is 0. The zero-order valence-electron chi connectivity index (χ0n) is 22.6. The summed E-state index contributed by atoms with van der Waals surface area (Å²) in [5.74, 6) is 0.770. The Morgan fingerprint density at radius 2 is 2.08 bits per heavy atom. The number of amidine groups is 1. The fraction of sp³-hybridized carbons (Fsp3) is 0.448. The van der Waals surface area contributed by atoms with E-state index in [1.165, 1.54) is 23.9 Å². The van der Waals surface area contributed by atoms with Gasteiger partial charge in [-0.15, -0.1) is 0 Å². The van der Waals surface area contributed by atoms with Crippen molar-refractivity contribution in [2.24, 2.45) is 9.98 Å². The number of unbranched alkanes of at least 4 members (excludes halogenated alkanes) is 1. The SMILES string of the molecule is C=N/C=C\C(=N/C)N[C@@H](CCN(CCCCc1ccc2c(n1)NCCC2)CCOc1ccc(F)cc1)C(=O)O. The molecule has 0 spiro atoms. The fourth-order valence-corrected chi connectivity index (χ4v) is 4.37. The lowest BCUT2D eigenvalue weighted by atomic mass is 10.1. The zero-order chi connectivity index (χ0) is 27.9. The molecule has 10 heteroatoms. The first-order chi connectivity index (χ1) is 19.0. The van der Waals surface area contributed by atoms with E-state index in [-0.39, 0.29) is 5.82 Å². The number of fused-ring (bicyclic) bond motifs is 1. The van der Waals surface area contributed by atoms with Gasteiger partial charge in [-0.3, -0.25) is 14.9 Å². The fourth-order valence-electron chi connectivity index (χ4n) is 4.37. The number of carbonyl (C=O) groups is 1. The topological polar surface area (TPSA) is 111 Å². The molecule has 1 atom stereocenters. The van der Waals surface area contributed by atoms with Crippen LogP contribution in [-0.2, 0) is 17.6 Å². The minimum Gasteiger partial charge on any atom is -0.492 e. The van der Waals surface area contributed by atoms with Crippen LogP contribution in [0.1, 0.15) is 36.9 Å². The van der Waals surface area contributed by atoms with Gasteiger partial charge in [0.1, 0.15) is 35.9 Å². The summed E-state index contributed by atoms with van der Waals surface area (Å²) in [6.45, 7) is 6.72. The average Bonchev–Trinajstić information content (AvgIpc) is 2.95. The Morgan fingerprint density at radius 1 is 1.26 bits per heavy atom. The molecule has 1 aliphatic heterocycles. The number of benzene rings is 1. The number of hydrogen-bond acceptors (Lipinski definition) is 7. The number of aliphatic carboxylic acids is 1. The Morgan fingerprint density at radius 3 is 2.82 bits per heavy atom. The van der Waals surface area contributed by atoms with Gasteiger partial charge >= 0.3 is 5.97 Å². The lowest BCUT2D eigenvalue weighted by molar-refractivity contribution is -0.139. The molecule has 0 aliphatic carbocycles. The maximum absolute atomic E-state index is 13.2. The molecular weight excluding hydrogens is 499 g/mol. The molecule has 0 saturated carbocycles. The van der Waals surface area contributed by atoms with Crippen LogP contribution in [-0.4, -0.2) is 79.4 Å². The highest BCUT2D eigenvalue weighted by atomic mass is 19.1. The molecule has 0 fully saturated rings. The molecule has 0 amide bonds. The van der Waals surface area contributed by atoms with E-state index < -0.39 is 12.0 Å². The van der Waals surface area contributed by atoms with Gasteiger partial charge in [0.05, 0.1) is 0 Å². The highest BCUT2D eigenvalue weighted by molar-refractivity contribution is 5.95. The first-order valence-electron chi connectivity index (χ1n) is 13.4. The van der Waals surface area contributed by atoms with E-state index in [2.05, 4.69) is 44.4 Å². The standard InChI is InChI=1S/C29H39FN6O3/c1-31-17-14-27(32-2)35-26(29(37)38)15-19-36(20-21-39-25-12-9-23(30)10-13-25)18-4-3-7-24-11-8-22-6-5-16-33-28(22)34-24/h8-14,17,26H,1,3-7,15-16,18-21H2,2H3,(H,32,35)(H,33,34)(H,37,38)/b17-14-/t26-/m0/s1. The van der Waals surface area contributed by atoms with Gasteiger partial charge in [-0.25, -0.2) is 14.2 Å². The summed E-state index contributed by atoms with van der Waals surface area (Å²) < 4.78 is 19.0. The lowest BCUT2D eigenvalue weighted by Crippen LogP contribution is -2.43. The van der Waals surface area contributed by atoms with E-state index in [4.69, 9.17) is 9.72 Å². The number of aromatic nitrogens is 1. The van der Waals surface area contributed by atoms with E-state index in [1.807, 2.05) is 0 Å². The second-order valence-corrected chi connectivity index (χ2v) is 9.37. The third kappa shape index (κ3) is 10.5. The van der Waals surface area contributed by atoms with Crippen molar-refractivity contribution in [2.75, 3.05) is 45.2 Å². The number of nitrogens with one attached hydrogen (secondary N) is 2. The third-order valence-electron chi connectivity index (χ3n) is 6.53. The molecule has 0 radical (unpaired) electrons. The number of ether oxygens (including phenoxy) is 1. The molecule has 3 N–H and O–H groups in total. The van der Waals surface area contributed by atoms with Gasteiger partial charge in [-0.1, -0.05) is 6.07 Å². The molecule has 1 aliphatic rings. The van der Waals surface area contributed by atoms with Crippen LogP contribution >= 0.6 is 0 Å². The maximum atomic E-state index is 13.2. The highest BCUT2D eigenvalue weighted by Crippen LogP contribution is 2.20. The number of carboxylic acid groups (broad SMARTS) is 1. The Kier molecular flexibility index (Phi) is 12.4. The van der Waals surface area contributed by atoms with E-state index in [1.54, 1.807) is 25.3 Å².